The summed E-state index contributed by atoms with van der Waals surface area (Å²) in [5.41, 5.74) is 4.00. The molecule has 5 heteroatoms. The maximum Gasteiger partial charge on any atom is 0.257 e. The summed E-state index contributed by atoms with van der Waals surface area (Å²) in [6.45, 7) is 8.44. The minimum atomic E-state index is 0.395. The summed E-state index contributed by atoms with van der Waals surface area (Å²) in [4.78, 5) is 9.23. The second-order valence-corrected chi connectivity index (χ2v) is 7.53. The summed E-state index contributed by atoms with van der Waals surface area (Å²) in [5, 5.41) is 0. The first kappa shape index (κ1) is 19.6. The zero-order valence-electron chi connectivity index (χ0n) is 17.1. The third-order valence-electron chi connectivity index (χ3n) is 5.45. The quantitative estimate of drug-likeness (QED) is 0.776. The average Bonchev–Trinajstić information content (AvgIpc) is 2.69. The monoisotopic (exact) mass is 369 g/mol. The highest BCUT2D eigenvalue weighted by atomic mass is 16.5. The van der Waals surface area contributed by atoms with E-state index in [1.807, 2.05) is 6.07 Å². The van der Waals surface area contributed by atoms with Crippen LogP contribution < -0.4 is 9.47 Å². The van der Waals surface area contributed by atoms with Crippen LogP contribution in [0, 0.1) is 0 Å². The number of ether oxygens (including phenoxy) is 2. The van der Waals surface area contributed by atoms with Crippen molar-refractivity contribution in [3.63, 3.8) is 0 Å². The lowest BCUT2D eigenvalue weighted by Crippen LogP contribution is -2.46. The van der Waals surface area contributed by atoms with Crippen LogP contribution in [0.5, 0.6) is 11.6 Å². The molecule has 1 aliphatic rings. The van der Waals surface area contributed by atoms with Crippen molar-refractivity contribution < 1.29 is 9.47 Å². The van der Waals surface area contributed by atoms with Gasteiger partial charge in [0, 0.05) is 44.0 Å². The molecule has 1 atom stereocenters. The summed E-state index contributed by atoms with van der Waals surface area (Å²) < 4.78 is 10.9. The van der Waals surface area contributed by atoms with E-state index in [2.05, 4.69) is 59.9 Å². The Kier molecular flexibility index (Phi) is 6.34. The van der Waals surface area contributed by atoms with E-state index in [0.29, 0.717) is 17.8 Å². The Morgan fingerprint density at radius 1 is 1.11 bits per heavy atom. The smallest absolute Gasteiger partial charge is 0.257 e. The van der Waals surface area contributed by atoms with E-state index in [1.165, 1.54) is 11.1 Å². The molecule has 0 aliphatic carbocycles. The van der Waals surface area contributed by atoms with Crippen molar-refractivity contribution in [1.82, 2.24) is 14.8 Å². The molecule has 146 valence electrons. The molecule has 0 radical (unpaired) electrons. The maximum atomic E-state index is 5.57. The summed E-state index contributed by atoms with van der Waals surface area (Å²) in [7, 11) is 5.53. The fraction of sp³-hybridized carbons (Fsp3) is 0.500. The number of rotatable bonds is 6. The lowest BCUT2D eigenvalue weighted by molar-refractivity contribution is 0.0892. The molecular weight excluding hydrogens is 338 g/mol. The number of methoxy groups -OCH3 is 2. The van der Waals surface area contributed by atoms with Crippen molar-refractivity contribution in [3.05, 3.63) is 53.2 Å². The molecule has 0 spiro atoms. The molecule has 1 aromatic heterocycles. The molecule has 0 saturated carbocycles. The van der Waals surface area contributed by atoms with E-state index in [9.17, 15) is 0 Å². The largest absolute Gasteiger partial charge is 0.491 e. The minimum absolute atomic E-state index is 0.395. The summed E-state index contributed by atoms with van der Waals surface area (Å²) in [6.07, 6.45) is 1.79. The molecular formula is C22H31N3O2. The third kappa shape index (κ3) is 4.25. The molecule has 0 bridgehead atoms. The SMILES string of the molecule is COc1nccc(CN2CCN(C)C(c3ccccc3C(C)C)C2)c1OC. The number of piperazine rings is 1. The van der Waals surface area contributed by atoms with E-state index in [1.54, 1.807) is 20.4 Å². The van der Waals surface area contributed by atoms with Crippen molar-refractivity contribution in [2.24, 2.45) is 0 Å². The van der Waals surface area contributed by atoms with Gasteiger partial charge in [0.1, 0.15) is 0 Å². The van der Waals surface area contributed by atoms with Gasteiger partial charge in [-0.25, -0.2) is 4.98 Å². The number of likely N-dealkylation sites (N-methyl/N-ethyl adjacent to an activating group) is 1. The Hall–Kier alpha value is -2.11. The molecule has 1 aromatic carbocycles. The van der Waals surface area contributed by atoms with Gasteiger partial charge in [-0.15, -0.1) is 0 Å². The Morgan fingerprint density at radius 2 is 1.89 bits per heavy atom. The van der Waals surface area contributed by atoms with Crippen LogP contribution >= 0.6 is 0 Å². The highest BCUT2D eigenvalue weighted by Crippen LogP contribution is 2.33. The van der Waals surface area contributed by atoms with Gasteiger partial charge in [-0.05, 0) is 30.2 Å². The Bertz CT molecular complexity index is 763. The van der Waals surface area contributed by atoms with Gasteiger partial charge in [0.05, 0.1) is 14.2 Å². The van der Waals surface area contributed by atoms with E-state index < -0.39 is 0 Å². The second kappa shape index (κ2) is 8.72. The predicted octanol–water partition coefficient (Wildman–Crippen LogP) is 3.71. The number of aromatic nitrogens is 1. The van der Waals surface area contributed by atoms with Crippen LogP contribution in [0.1, 0.15) is 42.5 Å². The molecule has 0 amide bonds. The topological polar surface area (TPSA) is 37.8 Å². The van der Waals surface area contributed by atoms with Gasteiger partial charge in [0.2, 0.25) is 0 Å². The van der Waals surface area contributed by atoms with Crippen molar-refractivity contribution in [2.45, 2.75) is 32.4 Å². The van der Waals surface area contributed by atoms with Crippen molar-refractivity contribution >= 4 is 0 Å². The predicted molar refractivity (Wildman–Crippen MR) is 109 cm³/mol. The molecule has 1 aliphatic heterocycles. The average molecular weight is 370 g/mol. The third-order valence-corrected chi connectivity index (χ3v) is 5.45. The van der Waals surface area contributed by atoms with Gasteiger partial charge in [-0.2, -0.15) is 0 Å². The van der Waals surface area contributed by atoms with Crippen LogP contribution in [0.3, 0.4) is 0 Å². The van der Waals surface area contributed by atoms with Crippen molar-refractivity contribution in [3.8, 4) is 11.6 Å². The minimum Gasteiger partial charge on any atom is -0.491 e. The highest BCUT2D eigenvalue weighted by Gasteiger charge is 2.28. The standard InChI is InChI=1S/C22H31N3O2/c1-16(2)18-8-6-7-9-19(18)20-15-25(13-12-24(20)3)14-17-10-11-23-22(27-5)21(17)26-4/h6-11,16,20H,12-15H2,1-5H3. The van der Waals surface area contributed by atoms with Crippen LogP contribution in [-0.4, -0.2) is 55.7 Å². The Balaban J connectivity index is 1.83. The number of pyridine rings is 1. The first-order valence-electron chi connectivity index (χ1n) is 9.62. The second-order valence-electron chi connectivity index (χ2n) is 7.53. The van der Waals surface area contributed by atoms with Gasteiger partial charge < -0.3 is 9.47 Å². The Labute approximate surface area is 162 Å². The zero-order valence-corrected chi connectivity index (χ0v) is 17.1. The molecule has 2 heterocycles. The van der Waals surface area contributed by atoms with Crippen LogP contribution in [0.25, 0.3) is 0 Å². The fourth-order valence-electron chi connectivity index (χ4n) is 3.95. The van der Waals surface area contributed by atoms with E-state index in [4.69, 9.17) is 9.47 Å². The normalized spacial score (nSPS) is 18.7. The van der Waals surface area contributed by atoms with E-state index in [-0.39, 0.29) is 0 Å². The summed E-state index contributed by atoms with van der Waals surface area (Å²) in [5.74, 6) is 1.80. The number of benzene rings is 1. The summed E-state index contributed by atoms with van der Waals surface area (Å²) in [6, 6.07) is 11.3. The molecule has 5 nitrogen and oxygen atoms in total. The lowest BCUT2D eigenvalue weighted by atomic mass is 9.91. The zero-order chi connectivity index (χ0) is 19.4. The molecule has 27 heavy (non-hydrogen) atoms. The van der Waals surface area contributed by atoms with Gasteiger partial charge in [-0.3, -0.25) is 9.80 Å². The maximum absolute atomic E-state index is 5.57. The first-order chi connectivity index (χ1) is 13.0. The molecule has 1 saturated heterocycles. The van der Waals surface area contributed by atoms with E-state index in [0.717, 1.165) is 37.5 Å². The molecule has 3 rings (SSSR count). The van der Waals surface area contributed by atoms with Gasteiger partial charge in [0.25, 0.3) is 5.88 Å². The molecule has 2 aromatic rings. The highest BCUT2D eigenvalue weighted by molar-refractivity contribution is 5.41. The molecule has 0 N–H and O–H groups in total. The lowest BCUT2D eigenvalue weighted by Gasteiger charge is -2.41. The molecule has 1 unspecified atom stereocenters. The number of hydrogen-bond acceptors (Lipinski definition) is 5. The molecule has 1 fully saturated rings. The van der Waals surface area contributed by atoms with Crippen LogP contribution in [-0.2, 0) is 6.54 Å². The van der Waals surface area contributed by atoms with Crippen molar-refractivity contribution in [2.75, 3.05) is 40.9 Å². The van der Waals surface area contributed by atoms with Gasteiger partial charge in [-0.1, -0.05) is 38.1 Å². The van der Waals surface area contributed by atoms with Gasteiger partial charge >= 0.3 is 0 Å². The van der Waals surface area contributed by atoms with Crippen molar-refractivity contribution in [1.29, 1.82) is 0 Å². The van der Waals surface area contributed by atoms with Crippen LogP contribution in [0.15, 0.2) is 36.5 Å². The number of hydrogen-bond donors (Lipinski definition) is 0. The summed E-state index contributed by atoms with van der Waals surface area (Å²) >= 11 is 0. The van der Waals surface area contributed by atoms with Gasteiger partial charge in [0.15, 0.2) is 5.75 Å². The van der Waals surface area contributed by atoms with Crippen LogP contribution in [0.4, 0.5) is 0 Å². The Morgan fingerprint density at radius 3 is 2.59 bits per heavy atom. The fourth-order valence-corrected chi connectivity index (χ4v) is 3.95. The number of nitrogens with zero attached hydrogens (tertiary/aromatic N) is 3. The van der Waals surface area contributed by atoms with E-state index >= 15 is 0 Å². The first-order valence-corrected chi connectivity index (χ1v) is 9.62. The van der Waals surface area contributed by atoms with Crippen LogP contribution in [0.2, 0.25) is 0 Å².